The zero-order valence-electron chi connectivity index (χ0n) is 15.4. The number of hydrogen-bond acceptors (Lipinski definition) is 5. The first-order valence-electron chi connectivity index (χ1n) is 8.39. The van der Waals surface area contributed by atoms with E-state index in [9.17, 15) is 9.18 Å². The monoisotopic (exact) mass is 375 g/mol. The van der Waals surface area contributed by atoms with Gasteiger partial charge in [0, 0.05) is 13.6 Å². The lowest BCUT2D eigenvalue weighted by Gasteiger charge is -2.20. The summed E-state index contributed by atoms with van der Waals surface area (Å²) in [6.07, 6.45) is 0.786. The maximum absolute atomic E-state index is 14.0. The van der Waals surface area contributed by atoms with E-state index in [1.807, 2.05) is 27.1 Å². The maximum atomic E-state index is 14.0. The van der Waals surface area contributed by atoms with Crippen molar-refractivity contribution in [2.75, 3.05) is 32.1 Å². The molecule has 0 aliphatic rings. The number of benzene rings is 1. The molecule has 0 saturated carbocycles. The first-order chi connectivity index (χ1) is 12.4. The molecule has 3 aromatic rings. The Bertz CT molecular complexity index is 933. The van der Waals surface area contributed by atoms with Crippen LogP contribution in [-0.2, 0) is 7.05 Å². The average molecular weight is 375 g/mol. The summed E-state index contributed by atoms with van der Waals surface area (Å²) in [5, 5.41) is 4.76. The smallest absolute Gasteiger partial charge is 0.278 e. The zero-order chi connectivity index (χ0) is 18.8. The maximum Gasteiger partial charge on any atom is 0.278 e. The van der Waals surface area contributed by atoms with Gasteiger partial charge in [-0.2, -0.15) is 5.10 Å². The van der Waals surface area contributed by atoms with Crippen LogP contribution in [0.4, 0.5) is 9.52 Å². The predicted molar refractivity (Wildman–Crippen MR) is 102 cm³/mol. The van der Waals surface area contributed by atoms with Crippen LogP contribution >= 0.6 is 11.3 Å². The fourth-order valence-electron chi connectivity index (χ4n) is 2.80. The molecule has 8 heteroatoms. The molecule has 0 radical (unpaired) electrons. The molecule has 138 valence electrons. The Hall–Kier alpha value is -2.32. The third kappa shape index (κ3) is 3.76. The van der Waals surface area contributed by atoms with E-state index >= 15 is 0 Å². The number of aryl methyl sites for hydroxylation is 2. The van der Waals surface area contributed by atoms with Gasteiger partial charge in [0.05, 0.1) is 10.4 Å². The molecule has 0 saturated heterocycles. The molecule has 0 spiro atoms. The minimum atomic E-state index is -0.373. The van der Waals surface area contributed by atoms with Gasteiger partial charge in [-0.1, -0.05) is 17.4 Å². The highest BCUT2D eigenvalue weighted by atomic mass is 32.1. The number of carbonyl (C=O) groups is 1. The average Bonchev–Trinajstić information content (AvgIpc) is 3.14. The highest BCUT2D eigenvalue weighted by Crippen LogP contribution is 2.31. The predicted octanol–water partition coefficient (Wildman–Crippen LogP) is 3.08. The third-order valence-corrected chi connectivity index (χ3v) is 5.09. The minimum absolute atomic E-state index is 0.175. The Kier molecular flexibility index (Phi) is 5.33. The number of aromatic nitrogens is 3. The van der Waals surface area contributed by atoms with Crippen LogP contribution in [-0.4, -0.2) is 52.8 Å². The van der Waals surface area contributed by atoms with Crippen molar-refractivity contribution >= 4 is 32.6 Å². The highest BCUT2D eigenvalue weighted by Gasteiger charge is 2.24. The van der Waals surface area contributed by atoms with Gasteiger partial charge >= 0.3 is 0 Å². The molecule has 0 unspecified atom stereocenters. The number of fused-ring (bicyclic) bond motifs is 1. The van der Waals surface area contributed by atoms with Crippen molar-refractivity contribution in [3.63, 3.8) is 0 Å². The summed E-state index contributed by atoms with van der Waals surface area (Å²) in [7, 11) is 5.73. The van der Waals surface area contributed by atoms with Gasteiger partial charge in [-0.05, 0) is 52.2 Å². The second-order valence-corrected chi connectivity index (χ2v) is 7.50. The van der Waals surface area contributed by atoms with Crippen molar-refractivity contribution in [1.29, 1.82) is 0 Å². The fraction of sp³-hybridized carbons (Fsp3) is 0.389. The highest BCUT2D eigenvalue weighted by molar-refractivity contribution is 7.22. The lowest BCUT2D eigenvalue weighted by Crippen LogP contribution is -2.34. The van der Waals surface area contributed by atoms with Gasteiger partial charge in [0.1, 0.15) is 17.0 Å². The standard InChI is InChI=1S/C18H22FN5OS/c1-12-11-14(23(4)21-12)17(25)24(10-6-9-22(2)3)18-20-16-13(19)7-5-8-15(16)26-18/h5,7-8,11H,6,9-10H2,1-4H3. The van der Waals surface area contributed by atoms with Crippen molar-refractivity contribution in [3.8, 4) is 0 Å². The van der Waals surface area contributed by atoms with Crippen LogP contribution in [0.15, 0.2) is 24.3 Å². The largest absolute Gasteiger partial charge is 0.309 e. The summed E-state index contributed by atoms with van der Waals surface area (Å²) in [5.41, 5.74) is 1.57. The summed E-state index contributed by atoms with van der Waals surface area (Å²) in [6.45, 7) is 3.19. The van der Waals surface area contributed by atoms with E-state index in [-0.39, 0.29) is 11.7 Å². The molecule has 0 fully saturated rings. The molecule has 2 aromatic heterocycles. The molecular formula is C18H22FN5OS. The van der Waals surface area contributed by atoms with Crippen molar-refractivity contribution < 1.29 is 9.18 Å². The lowest BCUT2D eigenvalue weighted by molar-refractivity contribution is 0.0977. The summed E-state index contributed by atoms with van der Waals surface area (Å²) < 4.78 is 16.3. The summed E-state index contributed by atoms with van der Waals surface area (Å²) >= 11 is 1.32. The fourth-order valence-corrected chi connectivity index (χ4v) is 3.80. The van der Waals surface area contributed by atoms with Crippen LogP contribution in [0.5, 0.6) is 0 Å². The number of amides is 1. The topological polar surface area (TPSA) is 54.3 Å². The first kappa shape index (κ1) is 18.5. The Labute approximate surface area is 155 Å². The van der Waals surface area contributed by atoms with Gasteiger partial charge in [-0.3, -0.25) is 14.4 Å². The van der Waals surface area contributed by atoms with E-state index in [4.69, 9.17) is 0 Å². The molecule has 6 nitrogen and oxygen atoms in total. The Morgan fingerprint density at radius 2 is 2.08 bits per heavy atom. The van der Waals surface area contributed by atoms with Gasteiger partial charge in [0.2, 0.25) is 0 Å². The number of para-hydroxylation sites is 1. The molecule has 3 rings (SSSR count). The van der Waals surface area contributed by atoms with Crippen LogP contribution in [0.1, 0.15) is 22.6 Å². The quantitative estimate of drug-likeness (QED) is 0.664. The van der Waals surface area contributed by atoms with Gasteiger partial charge in [-0.15, -0.1) is 0 Å². The zero-order valence-corrected chi connectivity index (χ0v) is 16.2. The lowest BCUT2D eigenvalue weighted by atomic mass is 10.3. The second kappa shape index (κ2) is 7.51. The molecule has 2 heterocycles. The Morgan fingerprint density at radius 3 is 2.69 bits per heavy atom. The van der Waals surface area contributed by atoms with Gasteiger partial charge in [0.25, 0.3) is 5.91 Å². The van der Waals surface area contributed by atoms with Crippen LogP contribution in [0.25, 0.3) is 10.2 Å². The molecule has 0 aliphatic heterocycles. The SMILES string of the molecule is Cc1cc(C(=O)N(CCCN(C)C)c2nc3c(F)cccc3s2)n(C)n1. The summed E-state index contributed by atoms with van der Waals surface area (Å²) in [4.78, 5) is 21.2. The van der Waals surface area contributed by atoms with Crippen molar-refractivity contribution in [3.05, 3.63) is 41.5 Å². The molecule has 0 bridgehead atoms. The number of halogens is 1. The number of carbonyl (C=O) groups excluding carboxylic acids is 1. The van der Waals surface area contributed by atoms with E-state index in [0.717, 1.165) is 23.4 Å². The Balaban J connectivity index is 1.97. The third-order valence-electron chi connectivity index (χ3n) is 4.04. The van der Waals surface area contributed by atoms with Crippen molar-refractivity contribution in [2.24, 2.45) is 7.05 Å². The number of rotatable bonds is 6. The molecule has 1 aromatic carbocycles. The van der Waals surface area contributed by atoms with Crippen LogP contribution in [0, 0.1) is 12.7 Å². The van der Waals surface area contributed by atoms with Gasteiger partial charge < -0.3 is 4.90 Å². The molecule has 0 atom stereocenters. The molecule has 26 heavy (non-hydrogen) atoms. The molecule has 0 N–H and O–H groups in total. The Morgan fingerprint density at radius 1 is 1.31 bits per heavy atom. The second-order valence-electron chi connectivity index (χ2n) is 6.49. The van der Waals surface area contributed by atoms with E-state index in [0.29, 0.717) is 22.9 Å². The first-order valence-corrected chi connectivity index (χ1v) is 9.20. The summed E-state index contributed by atoms with van der Waals surface area (Å²) in [5.74, 6) is -0.548. The number of thiazole rings is 1. The molecule has 1 amide bonds. The van der Waals surface area contributed by atoms with Crippen molar-refractivity contribution in [1.82, 2.24) is 19.7 Å². The number of anilines is 1. The van der Waals surface area contributed by atoms with Crippen LogP contribution < -0.4 is 4.90 Å². The number of hydrogen-bond donors (Lipinski definition) is 0. The van der Waals surface area contributed by atoms with Crippen molar-refractivity contribution in [2.45, 2.75) is 13.3 Å². The van der Waals surface area contributed by atoms with Crippen LogP contribution in [0.2, 0.25) is 0 Å². The van der Waals surface area contributed by atoms with Gasteiger partial charge in [-0.25, -0.2) is 9.37 Å². The normalized spacial score (nSPS) is 11.5. The van der Waals surface area contributed by atoms with Gasteiger partial charge in [0.15, 0.2) is 5.13 Å². The summed E-state index contributed by atoms with van der Waals surface area (Å²) in [6, 6.07) is 6.61. The number of nitrogens with zero attached hydrogens (tertiary/aromatic N) is 5. The minimum Gasteiger partial charge on any atom is -0.309 e. The van der Waals surface area contributed by atoms with E-state index in [1.165, 1.54) is 17.4 Å². The molecule has 0 aliphatic carbocycles. The van der Waals surface area contributed by atoms with E-state index in [2.05, 4.69) is 15.0 Å². The van der Waals surface area contributed by atoms with E-state index in [1.54, 1.807) is 28.8 Å². The molecular weight excluding hydrogens is 353 g/mol. The van der Waals surface area contributed by atoms with Crippen LogP contribution in [0.3, 0.4) is 0 Å². The van der Waals surface area contributed by atoms with E-state index < -0.39 is 0 Å².